The topological polar surface area (TPSA) is 53.0 Å². The molecule has 0 aliphatic heterocycles. The van der Waals surface area contributed by atoms with E-state index in [-0.39, 0.29) is 16.3 Å². The summed E-state index contributed by atoms with van der Waals surface area (Å²) in [7, 11) is 0. The Hall–Kier alpha value is -2.10. The molecule has 26 heavy (non-hydrogen) atoms. The number of benzene rings is 2. The monoisotopic (exact) mass is 400 g/mol. The molecule has 0 amide bonds. The first-order valence-electron chi connectivity index (χ1n) is 7.23. The lowest BCUT2D eigenvalue weighted by atomic mass is 10.1. The average Bonchev–Trinajstić information content (AvgIpc) is 3.01. The first-order valence-corrected chi connectivity index (χ1v) is 9.29. The van der Waals surface area contributed by atoms with E-state index < -0.39 is 28.1 Å². The molecule has 0 saturated carbocycles. The molecule has 0 saturated heterocycles. The van der Waals surface area contributed by atoms with Crippen molar-refractivity contribution in [2.75, 3.05) is 0 Å². The second kappa shape index (κ2) is 7.26. The highest BCUT2D eigenvalue weighted by atomic mass is 32.2. The molecule has 1 heterocycles. The summed E-state index contributed by atoms with van der Waals surface area (Å²) < 4.78 is 73.9. The van der Waals surface area contributed by atoms with E-state index in [0.717, 1.165) is 12.1 Å². The number of thiazole rings is 1. The van der Waals surface area contributed by atoms with E-state index in [1.807, 2.05) is 0 Å². The molecule has 0 fully saturated rings. The van der Waals surface area contributed by atoms with Crippen LogP contribution in [0, 0.1) is 5.82 Å². The molecular formula is C17H10F4NO2S2-. The highest BCUT2D eigenvalue weighted by Gasteiger charge is 2.36. The van der Waals surface area contributed by atoms with Gasteiger partial charge in [-0.1, -0.05) is 35.3 Å². The molecule has 0 aliphatic carbocycles. The average molecular weight is 400 g/mol. The first-order chi connectivity index (χ1) is 12.2. The minimum atomic E-state index is -4.60. The predicted octanol–water partition coefficient (Wildman–Crippen LogP) is 5.01. The van der Waals surface area contributed by atoms with Crippen molar-refractivity contribution in [1.29, 1.82) is 0 Å². The van der Waals surface area contributed by atoms with E-state index in [0.29, 0.717) is 28.0 Å². The van der Waals surface area contributed by atoms with Gasteiger partial charge in [-0.25, -0.2) is 9.37 Å². The third-order valence-corrected chi connectivity index (χ3v) is 5.21. The van der Waals surface area contributed by atoms with Gasteiger partial charge < -0.3 is 4.55 Å². The summed E-state index contributed by atoms with van der Waals surface area (Å²) in [5.74, 6) is -0.682. The second-order valence-corrected chi connectivity index (χ2v) is 7.24. The van der Waals surface area contributed by atoms with Crippen LogP contribution in [0.2, 0.25) is 0 Å². The predicted molar refractivity (Wildman–Crippen MR) is 90.6 cm³/mol. The van der Waals surface area contributed by atoms with Gasteiger partial charge in [0.05, 0.1) is 10.6 Å². The van der Waals surface area contributed by atoms with E-state index in [4.69, 9.17) is 0 Å². The Morgan fingerprint density at radius 2 is 1.58 bits per heavy atom. The molecule has 3 nitrogen and oxygen atoms in total. The maximum Gasteiger partial charge on any atom is 0.443 e. The molecule has 0 aliphatic rings. The summed E-state index contributed by atoms with van der Waals surface area (Å²) in [6, 6.07) is 11.2. The molecule has 0 radical (unpaired) electrons. The molecule has 9 heteroatoms. The summed E-state index contributed by atoms with van der Waals surface area (Å²) in [4.78, 5) is 3.98. The maximum atomic E-state index is 13.1. The fourth-order valence-electron chi connectivity index (χ4n) is 2.33. The molecule has 1 atom stereocenters. The number of halogens is 4. The van der Waals surface area contributed by atoms with Gasteiger partial charge in [0.2, 0.25) is 0 Å². The first kappa shape index (κ1) is 18.7. The normalized spacial score (nSPS) is 13.0. The summed E-state index contributed by atoms with van der Waals surface area (Å²) in [5, 5.41) is -1.00. The Bertz CT molecular complexity index is 935. The van der Waals surface area contributed by atoms with Crippen LogP contribution >= 0.6 is 11.3 Å². The number of hydrogen-bond acceptors (Lipinski definition) is 4. The van der Waals surface area contributed by atoms with E-state index in [9.17, 15) is 26.3 Å². The van der Waals surface area contributed by atoms with Crippen LogP contribution < -0.4 is 0 Å². The Kier molecular flexibility index (Phi) is 5.22. The van der Waals surface area contributed by atoms with E-state index in [1.165, 1.54) is 24.3 Å². The number of hydrogen-bond donors (Lipinski definition) is 0. The van der Waals surface area contributed by atoms with Gasteiger partial charge in [0, 0.05) is 11.3 Å². The molecule has 0 N–H and O–H groups in total. The molecule has 136 valence electrons. The van der Waals surface area contributed by atoms with E-state index in [2.05, 4.69) is 4.98 Å². The SMILES string of the molecule is O=S([O-])Cc1ccc(-c2sc(C(F)(F)F)nc2-c2ccc(F)cc2)cc1. The van der Waals surface area contributed by atoms with Gasteiger partial charge in [0.25, 0.3) is 0 Å². The Morgan fingerprint density at radius 3 is 2.12 bits per heavy atom. The highest BCUT2D eigenvalue weighted by molar-refractivity contribution is 7.78. The Labute approximate surface area is 152 Å². The lowest BCUT2D eigenvalue weighted by Gasteiger charge is -2.07. The van der Waals surface area contributed by atoms with Crippen LogP contribution in [0.5, 0.6) is 0 Å². The van der Waals surface area contributed by atoms with Gasteiger partial charge in [-0.2, -0.15) is 13.2 Å². The Morgan fingerprint density at radius 1 is 1.00 bits per heavy atom. The lowest BCUT2D eigenvalue weighted by Crippen LogP contribution is -2.03. The third-order valence-electron chi connectivity index (χ3n) is 3.49. The molecule has 0 bridgehead atoms. The molecule has 2 aromatic carbocycles. The van der Waals surface area contributed by atoms with E-state index >= 15 is 0 Å². The van der Waals surface area contributed by atoms with Crippen LogP contribution in [0.1, 0.15) is 10.6 Å². The van der Waals surface area contributed by atoms with Crippen molar-refractivity contribution in [3.05, 3.63) is 64.9 Å². The van der Waals surface area contributed by atoms with Crippen molar-refractivity contribution in [3.8, 4) is 21.7 Å². The van der Waals surface area contributed by atoms with Gasteiger partial charge >= 0.3 is 6.18 Å². The number of nitrogens with zero attached hydrogens (tertiary/aromatic N) is 1. The standard InChI is InChI=1S/C17H11F4NO2S2/c18-13-7-5-11(6-8-13)14-15(25-16(22-14)17(19,20)21)12-3-1-10(2-4-12)9-26(23)24/h1-8H,9H2,(H,23,24)/p-1. The summed E-state index contributed by atoms with van der Waals surface area (Å²) in [6.45, 7) is 0. The quantitative estimate of drug-likeness (QED) is 0.457. The van der Waals surface area contributed by atoms with Gasteiger partial charge in [0.15, 0.2) is 5.01 Å². The smallest absolute Gasteiger partial charge is 0.443 e. The van der Waals surface area contributed by atoms with Gasteiger partial charge in [0.1, 0.15) is 5.82 Å². The maximum absolute atomic E-state index is 13.1. The minimum Gasteiger partial charge on any atom is -0.772 e. The molecule has 3 rings (SSSR count). The summed E-state index contributed by atoms with van der Waals surface area (Å²) >= 11 is -1.77. The van der Waals surface area contributed by atoms with Crippen molar-refractivity contribution in [2.24, 2.45) is 0 Å². The molecule has 3 aromatic rings. The van der Waals surface area contributed by atoms with Crippen molar-refractivity contribution in [2.45, 2.75) is 11.9 Å². The molecule has 0 spiro atoms. The van der Waals surface area contributed by atoms with Crippen molar-refractivity contribution >= 4 is 22.4 Å². The highest BCUT2D eigenvalue weighted by Crippen LogP contribution is 2.42. The fraction of sp³-hybridized carbons (Fsp3) is 0.118. The van der Waals surface area contributed by atoms with Crippen LogP contribution in [0.25, 0.3) is 21.7 Å². The minimum absolute atomic E-state index is 0.0995. The lowest BCUT2D eigenvalue weighted by molar-refractivity contribution is -0.137. The summed E-state index contributed by atoms with van der Waals surface area (Å²) in [6.07, 6.45) is -4.60. The fourth-order valence-corrected chi connectivity index (χ4v) is 3.75. The second-order valence-electron chi connectivity index (χ2n) is 5.35. The van der Waals surface area contributed by atoms with E-state index in [1.54, 1.807) is 12.1 Å². The van der Waals surface area contributed by atoms with Gasteiger partial charge in [-0.3, -0.25) is 4.21 Å². The number of alkyl halides is 3. The van der Waals surface area contributed by atoms with Crippen LogP contribution in [-0.2, 0) is 23.0 Å². The van der Waals surface area contributed by atoms with Gasteiger partial charge in [-0.15, -0.1) is 11.3 Å². The third kappa shape index (κ3) is 4.17. The van der Waals surface area contributed by atoms with Crippen molar-refractivity contribution in [3.63, 3.8) is 0 Å². The van der Waals surface area contributed by atoms with Crippen LogP contribution in [0.4, 0.5) is 17.6 Å². The zero-order chi connectivity index (χ0) is 18.9. The molecular weight excluding hydrogens is 390 g/mol. The zero-order valence-corrected chi connectivity index (χ0v) is 14.6. The van der Waals surface area contributed by atoms with Crippen molar-refractivity contribution < 1.29 is 26.3 Å². The van der Waals surface area contributed by atoms with Crippen LogP contribution in [0.3, 0.4) is 0 Å². The summed E-state index contributed by atoms with van der Waals surface area (Å²) in [5.41, 5.74) is 1.45. The zero-order valence-electron chi connectivity index (χ0n) is 12.9. The van der Waals surface area contributed by atoms with Crippen molar-refractivity contribution in [1.82, 2.24) is 4.98 Å². The largest absolute Gasteiger partial charge is 0.772 e. The van der Waals surface area contributed by atoms with Gasteiger partial charge in [-0.05, 0) is 35.4 Å². The molecule has 1 aromatic heterocycles. The van der Waals surface area contributed by atoms with Crippen LogP contribution in [-0.4, -0.2) is 13.7 Å². The molecule has 1 unspecified atom stereocenters. The number of rotatable bonds is 4. The van der Waals surface area contributed by atoms with Crippen LogP contribution in [0.15, 0.2) is 48.5 Å². The Balaban J connectivity index is 2.08. The number of aromatic nitrogens is 1.